The molecule has 0 aliphatic heterocycles. The Labute approximate surface area is 103 Å². The van der Waals surface area contributed by atoms with Gasteiger partial charge in [0.25, 0.3) is 0 Å². The van der Waals surface area contributed by atoms with E-state index in [-0.39, 0.29) is 11.4 Å². The maximum absolute atomic E-state index is 8.96. The second kappa shape index (κ2) is 5.13. The lowest BCUT2D eigenvalue weighted by atomic mass is 10.3. The van der Waals surface area contributed by atoms with Crippen LogP contribution < -0.4 is 0 Å². The van der Waals surface area contributed by atoms with Gasteiger partial charge >= 0.3 is 0 Å². The Balaban J connectivity index is 2.21. The summed E-state index contributed by atoms with van der Waals surface area (Å²) in [4.78, 5) is 3.84. The Hall–Kier alpha value is -2.64. The third kappa shape index (κ3) is 2.21. The highest BCUT2D eigenvalue weighted by Crippen LogP contribution is 2.10. The molecular weight excluding hydrogens is 234 g/mol. The Morgan fingerprint density at radius 2 is 2.28 bits per heavy atom. The van der Waals surface area contributed by atoms with E-state index in [4.69, 9.17) is 19.8 Å². The topological polar surface area (TPSA) is 101 Å². The molecule has 2 rings (SSSR count). The lowest BCUT2D eigenvalue weighted by Gasteiger charge is -1.98. The second-order valence-corrected chi connectivity index (χ2v) is 3.51. The van der Waals surface area contributed by atoms with Crippen molar-refractivity contribution in [1.82, 2.24) is 14.7 Å². The smallest absolute Gasteiger partial charge is 0.176 e. The van der Waals surface area contributed by atoms with Crippen LogP contribution in [0.15, 0.2) is 16.9 Å². The number of hydrogen-bond acceptors (Lipinski definition) is 6. The minimum atomic E-state index is 0.109. The Bertz CT molecular complexity index is 629. The van der Waals surface area contributed by atoms with Crippen LogP contribution in [0.5, 0.6) is 0 Å². The summed E-state index contributed by atoms with van der Waals surface area (Å²) in [5, 5.41) is 21.6. The summed E-state index contributed by atoms with van der Waals surface area (Å²) in [6.45, 7) is 0.663. The first-order chi connectivity index (χ1) is 8.78. The van der Waals surface area contributed by atoms with Gasteiger partial charge in [-0.2, -0.15) is 10.5 Å². The van der Waals surface area contributed by atoms with Crippen molar-refractivity contribution in [2.24, 2.45) is 0 Å². The minimum Gasteiger partial charge on any atom is -0.377 e. The van der Waals surface area contributed by atoms with Crippen LogP contribution in [-0.2, 0) is 17.9 Å². The molecule has 2 heterocycles. The molecule has 0 saturated carbocycles. The van der Waals surface area contributed by atoms with Crippen molar-refractivity contribution in [2.75, 3.05) is 7.11 Å². The molecule has 0 aromatic carbocycles. The third-order valence-electron chi connectivity index (χ3n) is 2.28. The first kappa shape index (κ1) is 11.8. The third-order valence-corrected chi connectivity index (χ3v) is 2.28. The van der Waals surface area contributed by atoms with Crippen molar-refractivity contribution < 1.29 is 9.26 Å². The molecular formula is C11H9N5O2. The van der Waals surface area contributed by atoms with E-state index in [0.717, 1.165) is 0 Å². The fraction of sp³-hybridized carbons (Fsp3) is 0.273. The summed E-state index contributed by atoms with van der Waals surface area (Å²) < 4.78 is 11.5. The van der Waals surface area contributed by atoms with Crippen LogP contribution in [0.4, 0.5) is 0 Å². The largest absolute Gasteiger partial charge is 0.377 e. The van der Waals surface area contributed by atoms with Crippen molar-refractivity contribution in [3.05, 3.63) is 35.2 Å². The van der Waals surface area contributed by atoms with Crippen molar-refractivity contribution in [2.45, 2.75) is 13.2 Å². The molecule has 2 aromatic rings. The number of aromatic nitrogens is 3. The van der Waals surface area contributed by atoms with E-state index < -0.39 is 0 Å². The van der Waals surface area contributed by atoms with Crippen molar-refractivity contribution >= 4 is 0 Å². The van der Waals surface area contributed by atoms with Crippen LogP contribution in [0.3, 0.4) is 0 Å². The second-order valence-electron chi connectivity index (χ2n) is 3.51. The van der Waals surface area contributed by atoms with Crippen molar-refractivity contribution in [3.63, 3.8) is 0 Å². The molecule has 18 heavy (non-hydrogen) atoms. The number of rotatable bonds is 4. The van der Waals surface area contributed by atoms with Crippen molar-refractivity contribution in [3.8, 4) is 12.1 Å². The number of imidazole rings is 1. The number of nitrogens with zero attached hydrogens (tertiary/aromatic N) is 5. The first-order valence-corrected chi connectivity index (χ1v) is 5.07. The van der Waals surface area contributed by atoms with Gasteiger partial charge in [-0.15, -0.1) is 0 Å². The lowest BCUT2D eigenvalue weighted by Crippen LogP contribution is -2.01. The van der Waals surface area contributed by atoms with E-state index in [1.807, 2.05) is 12.1 Å². The van der Waals surface area contributed by atoms with Gasteiger partial charge in [0.05, 0.1) is 12.9 Å². The fourth-order valence-corrected chi connectivity index (χ4v) is 1.52. The van der Waals surface area contributed by atoms with Gasteiger partial charge in [-0.05, 0) is 0 Å². The van der Waals surface area contributed by atoms with Crippen LogP contribution in [0.2, 0.25) is 0 Å². The highest BCUT2D eigenvalue weighted by Gasteiger charge is 2.12. The normalized spacial score (nSPS) is 9.94. The number of methoxy groups -OCH3 is 1. The van der Waals surface area contributed by atoms with E-state index in [1.165, 1.54) is 6.33 Å². The van der Waals surface area contributed by atoms with Gasteiger partial charge in [-0.3, -0.25) is 0 Å². The van der Waals surface area contributed by atoms with E-state index in [1.54, 1.807) is 17.7 Å². The minimum absolute atomic E-state index is 0.109. The van der Waals surface area contributed by atoms with Gasteiger partial charge in [-0.25, -0.2) is 4.98 Å². The Morgan fingerprint density at radius 3 is 2.94 bits per heavy atom. The van der Waals surface area contributed by atoms with Gasteiger partial charge in [-0.1, -0.05) is 5.16 Å². The van der Waals surface area contributed by atoms with Crippen LogP contribution in [0.25, 0.3) is 0 Å². The zero-order valence-electron chi connectivity index (χ0n) is 9.62. The van der Waals surface area contributed by atoms with Crippen molar-refractivity contribution in [1.29, 1.82) is 10.5 Å². The number of nitriles is 2. The molecule has 0 saturated heterocycles. The van der Waals surface area contributed by atoms with Gasteiger partial charge in [0.1, 0.15) is 24.4 Å². The van der Waals surface area contributed by atoms with Crippen LogP contribution >= 0.6 is 0 Å². The molecule has 0 spiro atoms. The molecule has 0 amide bonds. The highest BCUT2D eigenvalue weighted by molar-refractivity contribution is 5.36. The van der Waals surface area contributed by atoms with E-state index >= 15 is 0 Å². The average molecular weight is 243 g/mol. The standard InChI is InChI=1S/C11H9N5O2/c1-17-6-9-2-8(15-18-9)5-16-7-14-10(3-12)11(16)4-13/h2,7H,5-6H2,1H3. The van der Waals surface area contributed by atoms with E-state index in [9.17, 15) is 0 Å². The van der Waals surface area contributed by atoms with E-state index in [0.29, 0.717) is 24.6 Å². The molecule has 0 unspecified atom stereocenters. The molecule has 0 N–H and O–H groups in total. The molecule has 90 valence electrons. The SMILES string of the molecule is COCc1cc(Cn2cnc(C#N)c2C#N)no1. The molecule has 7 nitrogen and oxygen atoms in total. The predicted octanol–water partition coefficient (Wildman–Crippen LogP) is 0.809. The van der Waals surface area contributed by atoms with Gasteiger partial charge < -0.3 is 13.8 Å². The van der Waals surface area contributed by atoms with Crippen LogP contribution in [-0.4, -0.2) is 21.8 Å². The summed E-state index contributed by atoms with van der Waals surface area (Å²) in [6.07, 6.45) is 1.43. The van der Waals surface area contributed by atoms with Gasteiger partial charge in [0.15, 0.2) is 17.1 Å². The van der Waals surface area contributed by atoms with E-state index in [2.05, 4.69) is 10.1 Å². The highest BCUT2D eigenvalue weighted by atomic mass is 16.5. The quantitative estimate of drug-likeness (QED) is 0.787. The van der Waals surface area contributed by atoms with Crippen LogP contribution in [0.1, 0.15) is 22.8 Å². The molecule has 2 aromatic heterocycles. The Kier molecular flexibility index (Phi) is 3.37. The molecule has 0 aliphatic rings. The predicted molar refractivity (Wildman–Crippen MR) is 58.0 cm³/mol. The molecule has 0 radical (unpaired) electrons. The maximum Gasteiger partial charge on any atom is 0.176 e. The molecule has 0 aliphatic carbocycles. The summed E-state index contributed by atoms with van der Waals surface area (Å²) in [5.41, 5.74) is 0.965. The monoisotopic (exact) mass is 243 g/mol. The maximum atomic E-state index is 8.96. The van der Waals surface area contributed by atoms with Crippen LogP contribution in [0, 0.1) is 22.7 Å². The molecule has 0 fully saturated rings. The lowest BCUT2D eigenvalue weighted by molar-refractivity contribution is 0.155. The summed E-state index contributed by atoms with van der Waals surface area (Å²) in [5.74, 6) is 0.603. The molecule has 0 bridgehead atoms. The zero-order valence-corrected chi connectivity index (χ0v) is 9.62. The summed E-state index contributed by atoms with van der Waals surface area (Å²) >= 11 is 0. The Morgan fingerprint density at radius 1 is 1.44 bits per heavy atom. The summed E-state index contributed by atoms with van der Waals surface area (Å²) in [7, 11) is 1.56. The number of hydrogen-bond donors (Lipinski definition) is 0. The fourth-order valence-electron chi connectivity index (χ4n) is 1.52. The summed E-state index contributed by atoms with van der Waals surface area (Å²) in [6, 6.07) is 5.53. The number of ether oxygens (including phenoxy) is 1. The molecule has 7 heteroatoms. The van der Waals surface area contributed by atoms with Gasteiger partial charge in [0, 0.05) is 13.2 Å². The average Bonchev–Trinajstić information content (AvgIpc) is 2.97. The molecule has 0 atom stereocenters. The van der Waals surface area contributed by atoms with Gasteiger partial charge in [0.2, 0.25) is 0 Å². The zero-order chi connectivity index (χ0) is 13.0. The first-order valence-electron chi connectivity index (χ1n) is 5.07.